The molecule has 2 aliphatic heterocycles. The van der Waals surface area contributed by atoms with Gasteiger partial charge in [0.05, 0.1) is 54.4 Å². The number of methoxy groups -OCH3 is 1. The first-order valence-corrected chi connectivity index (χ1v) is 15.4. The van der Waals surface area contributed by atoms with E-state index < -0.39 is 95.9 Å². The van der Waals surface area contributed by atoms with Gasteiger partial charge >= 0.3 is 5.97 Å². The zero-order chi connectivity index (χ0) is 34.1. The smallest absolute Gasteiger partial charge is 0.316 e. The molecule has 2 aromatic rings. The van der Waals surface area contributed by atoms with E-state index in [-0.39, 0.29) is 52.6 Å². The van der Waals surface area contributed by atoms with Crippen LogP contribution in [0, 0.1) is 0 Å². The molecule has 0 radical (unpaired) electrons. The predicted molar refractivity (Wildman–Crippen MR) is 158 cm³/mol. The van der Waals surface area contributed by atoms with Crippen molar-refractivity contribution in [2.24, 2.45) is 0 Å². The van der Waals surface area contributed by atoms with Crippen molar-refractivity contribution in [1.29, 1.82) is 0 Å². The van der Waals surface area contributed by atoms with Gasteiger partial charge in [-0.15, -0.1) is 0 Å². The lowest BCUT2D eigenvalue weighted by molar-refractivity contribution is -0.317. The van der Waals surface area contributed by atoms with Crippen LogP contribution in [0.2, 0.25) is 0 Å². The van der Waals surface area contributed by atoms with Crippen LogP contribution in [0.5, 0.6) is 11.5 Å². The number of carbonyl (C=O) groups is 3. The van der Waals surface area contributed by atoms with E-state index in [1.165, 1.54) is 31.2 Å². The molecule has 47 heavy (non-hydrogen) atoms. The van der Waals surface area contributed by atoms with Gasteiger partial charge in [0.25, 0.3) is 0 Å². The van der Waals surface area contributed by atoms with E-state index in [9.17, 15) is 45.0 Å². The highest BCUT2D eigenvalue weighted by molar-refractivity contribution is 6.30. The van der Waals surface area contributed by atoms with Gasteiger partial charge in [0.1, 0.15) is 29.6 Å². The Morgan fingerprint density at radius 1 is 0.915 bits per heavy atom. The Morgan fingerprint density at radius 3 is 2.23 bits per heavy atom. The molecule has 2 heterocycles. The minimum absolute atomic E-state index is 0.00836. The average molecular weight is 659 g/mol. The molecule has 0 spiro atoms. The highest BCUT2D eigenvalue weighted by atomic mass is 16.7. The van der Waals surface area contributed by atoms with E-state index >= 15 is 0 Å². The lowest BCUT2D eigenvalue weighted by Gasteiger charge is -2.45. The van der Waals surface area contributed by atoms with Crippen molar-refractivity contribution in [1.82, 2.24) is 0 Å². The van der Waals surface area contributed by atoms with E-state index in [1.807, 2.05) is 0 Å². The second-order valence-corrected chi connectivity index (χ2v) is 12.9. The number of rotatable bonds is 5. The van der Waals surface area contributed by atoms with E-state index in [1.54, 1.807) is 13.8 Å². The summed E-state index contributed by atoms with van der Waals surface area (Å²) in [7, 11) is 1.13. The van der Waals surface area contributed by atoms with Gasteiger partial charge in [-0.3, -0.25) is 14.4 Å². The summed E-state index contributed by atoms with van der Waals surface area (Å²) in [5.74, 6) is -4.82. The van der Waals surface area contributed by atoms with Crippen LogP contribution in [0.1, 0.15) is 95.0 Å². The van der Waals surface area contributed by atoms with Crippen molar-refractivity contribution in [2.75, 3.05) is 7.11 Å². The second-order valence-electron chi connectivity index (χ2n) is 12.9. The van der Waals surface area contributed by atoms with Crippen molar-refractivity contribution < 1.29 is 68.7 Å². The number of carbonyl (C=O) groups excluding carboxylic acids is 3. The maximum atomic E-state index is 13.7. The molecule has 6 N–H and O–H groups in total. The first kappa shape index (κ1) is 33.4. The van der Waals surface area contributed by atoms with Crippen LogP contribution in [0.4, 0.5) is 0 Å². The summed E-state index contributed by atoms with van der Waals surface area (Å²) < 4.78 is 28.8. The molecule has 254 valence electrons. The van der Waals surface area contributed by atoms with Gasteiger partial charge in [-0.1, -0.05) is 12.1 Å². The van der Waals surface area contributed by atoms with Gasteiger partial charge < -0.3 is 54.3 Å². The predicted octanol–water partition coefficient (Wildman–Crippen LogP) is 1.08. The summed E-state index contributed by atoms with van der Waals surface area (Å²) in [5, 5.41) is 64.9. The lowest BCUT2D eigenvalue weighted by atomic mass is 9.68. The second kappa shape index (κ2) is 12.2. The van der Waals surface area contributed by atoms with E-state index in [4.69, 9.17) is 23.7 Å². The van der Waals surface area contributed by atoms with Crippen molar-refractivity contribution in [3.63, 3.8) is 0 Å². The fraction of sp³-hybridized carbons (Fsp3) is 0.545. The average Bonchev–Trinajstić information content (AvgIpc) is 2.99. The Kier molecular flexibility index (Phi) is 8.68. The monoisotopic (exact) mass is 658 g/mol. The quantitative estimate of drug-likeness (QED) is 0.212. The number of ketones is 2. The SMILES string of the molecule is COC(=O)[C@@H]1c2cc3c(c(O)c2[C@@H](O[C@@H]2C[C@H](O)[C@H](O[C@@H]4C[C@H](O)[C@H](O)[C@@H](C)O4)[C@@H](C)O2)C[C@@]1(C)O)C(=O)c1c(O)cccc1C3=O. The Balaban J connectivity index is 1.33. The Morgan fingerprint density at radius 2 is 1.57 bits per heavy atom. The van der Waals surface area contributed by atoms with Crippen LogP contribution in [0.3, 0.4) is 0 Å². The number of phenols is 2. The minimum atomic E-state index is -1.83. The molecule has 14 heteroatoms. The summed E-state index contributed by atoms with van der Waals surface area (Å²) in [6.45, 7) is 4.59. The third-order valence-corrected chi connectivity index (χ3v) is 9.59. The Labute approximate surface area is 269 Å². The summed E-state index contributed by atoms with van der Waals surface area (Å²) >= 11 is 0. The van der Waals surface area contributed by atoms with Crippen molar-refractivity contribution in [2.45, 2.75) is 107 Å². The number of aliphatic hydroxyl groups is 4. The molecule has 4 aliphatic rings. The molecule has 0 saturated carbocycles. The molecule has 2 fully saturated rings. The van der Waals surface area contributed by atoms with Crippen molar-refractivity contribution in [3.05, 3.63) is 57.6 Å². The molecule has 14 nitrogen and oxygen atoms in total. The standard InChI is InChI=1S/C33H38O14/c1-12-27(37)18(35)9-22(44-12)47-31-13(2)45-21(10-19(31)36)46-20-11-33(3,42)26(32(41)43-4)15-8-16-25(30(40)24(15)20)29(39)23-14(28(16)38)6-5-7-17(23)34/h5-8,12-13,18-22,26-27,31,34-37,40,42H,9-11H2,1-4H3/t12-,13-,18+,19+,20+,21-,22-,26+,27-,31-,33-/m1/s1. The van der Waals surface area contributed by atoms with Gasteiger partial charge in [-0.2, -0.15) is 0 Å². The van der Waals surface area contributed by atoms with Gasteiger partial charge in [-0.25, -0.2) is 0 Å². The number of fused-ring (bicyclic) bond motifs is 3. The highest BCUT2D eigenvalue weighted by Crippen LogP contribution is 2.53. The number of phenolic OH excluding ortho intramolecular Hbond substituents is 2. The van der Waals surface area contributed by atoms with E-state index in [2.05, 4.69) is 0 Å². The molecular weight excluding hydrogens is 620 g/mol. The van der Waals surface area contributed by atoms with Crippen LogP contribution in [-0.2, 0) is 28.5 Å². The van der Waals surface area contributed by atoms with Crippen LogP contribution in [-0.4, -0.2) is 110 Å². The fourth-order valence-electron chi connectivity index (χ4n) is 7.25. The highest BCUT2D eigenvalue weighted by Gasteiger charge is 2.52. The number of aromatic hydroxyl groups is 2. The maximum absolute atomic E-state index is 13.7. The van der Waals surface area contributed by atoms with E-state index in [0.717, 1.165) is 7.11 Å². The minimum Gasteiger partial charge on any atom is -0.507 e. The fourth-order valence-corrected chi connectivity index (χ4v) is 7.25. The molecule has 0 aromatic heterocycles. The van der Waals surface area contributed by atoms with Gasteiger partial charge in [0.15, 0.2) is 18.4 Å². The third-order valence-electron chi connectivity index (χ3n) is 9.59. The number of benzene rings is 2. The number of aliphatic hydroxyl groups excluding tert-OH is 3. The molecule has 11 atom stereocenters. The Hall–Kier alpha value is -3.47. The molecule has 6 rings (SSSR count). The molecule has 0 bridgehead atoms. The van der Waals surface area contributed by atoms with Crippen molar-refractivity contribution >= 4 is 17.5 Å². The lowest BCUT2D eigenvalue weighted by Crippen LogP contribution is -2.54. The van der Waals surface area contributed by atoms with Gasteiger partial charge in [0, 0.05) is 36.0 Å². The molecule has 0 unspecified atom stereocenters. The first-order chi connectivity index (χ1) is 22.1. The third kappa shape index (κ3) is 5.62. The normalized spacial score (nSPS) is 36.7. The molecule has 2 aromatic carbocycles. The van der Waals surface area contributed by atoms with Gasteiger partial charge in [-0.05, 0) is 38.5 Å². The Bertz CT molecular complexity index is 1580. The summed E-state index contributed by atoms with van der Waals surface area (Å²) in [6, 6.07) is 5.28. The van der Waals surface area contributed by atoms with Crippen LogP contribution < -0.4 is 0 Å². The van der Waals surface area contributed by atoms with Crippen LogP contribution in [0.25, 0.3) is 0 Å². The molecule has 2 saturated heterocycles. The molecule has 0 amide bonds. The zero-order valence-corrected chi connectivity index (χ0v) is 26.2. The number of esters is 1. The molecule has 2 aliphatic carbocycles. The summed E-state index contributed by atoms with van der Waals surface area (Å²) in [6.07, 6.45) is -9.41. The first-order valence-electron chi connectivity index (χ1n) is 15.4. The number of ether oxygens (including phenoxy) is 5. The van der Waals surface area contributed by atoms with Crippen LogP contribution >= 0.6 is 0 Å². The summed E-state index contributed by atoms with van der Waals surface area (Å²) in [5.41, 5.74) is -2.83. The number of hydrogen-bond donors (Lipinski definition) is 6. The zero-order valence-electron chi connectivity index (χ0n) is 26.2. The maximum Gasteiger partial charge on any atom is 0.316 e. The van der Waals surface area contributed by atoms with Crippen molar-refractivity contribution in [3.8, 4) is 11.5 Å². The van der Waals surface area contributed by atoms with Crippen LogP contribution in [0.15, 0.2) is 24.3 Å². The number of hydrogen-bond acceptors (Lipinski definition) is 14. The topological polar surface area (TPSA) is 219 Å². The summed E-state index contributed by atoms with van der Waals surface area (Å²) in [4.78, 5) is 40.3. The van der Waals surface area contributed by atoms with E-state index in [0.29, 0.717) is 0 Å². The van der Waals surface area contributed by atoms with Gasteiger partial charge in [0.2, 0.25) is 5.78 Å². The largest absolute Gasteiger partial charge is 0.507 e. The molecular formula is C33H38O14.